The quantitative estimate of drug-likeness (QED) is 0.463. The molecular weight excluding hydrogens is 493 g/mol. The lowest BCUT2D eigenvalue weighted by atomic mass is 10.1. The number of thiazole rings is 1. The average molecular weight is 513 g/mol. The summed E-state index contributed by atoms with van der Waals surface area (Å²) in [5.74, 6) is -1.04. The van der Waals surface area contributed by atoms with E-state index in [9.17, 15) is 27.9 Å². The molecule has 1 fully saturated rings. The van der Waals surface area contributed by atoms with Crippen molar-refractivity contribution < 1.29 is 27.9 Å². The Labute approximate surface area is 201 Å². The van der Waals surface area contributed by atoms with E-state index in [0.717, 1.165) is 29.9 Å². The van der Waals surface area contributed by atoms with Gasteiger partial charge in [-0.15, -0.1) is 0 Å². The molecule has 7 nitrogen and oxygen atoms in total. The standard InChI is InChI=1S/C22H20ClF3N4O3S/c1-11(31)27-15-4-5-30(10-15)9-12-6-14(23)8-16(19(12)32)20(33)29-21-28-17-3-2-13(22(24,25)26)7-18(17)34-21/h2-3,6-8,15,32H,4-5,9-10H2,1H3,(H,27,31)(H,28,29,33). The first-order chi connectivity index (χ1) is 16.0. The molecule has 34 heavy (non-hydrogen) atoms. The smallest absolute Gasteiger partial charge is 0.416 e. The second kappa shape index (κ2) is 9.40. The molecule has 180 valence electrons. The van der Waals surface area contributed by atoms with Gasteiger partial charge in [0, 0.05) is 43.2 Å². The summed E-state index contributed by atoms with van der Waals surface area (Å²) < 4.78 is 39.1. The molecule has 0 saturated carbocycles. The molecule has 1 aliphatic heterocycles. The van der Waals surface area contributed by atoms with E-state index in [0.29, 0.717) is 30.7 Å². The van der Waals surface area contributed by atoms with Crippen LogP contribution in [0.15, 0.2) is 30.3 Å². The van der Waals surface area contributed by atoms with Gasteiger partial charge in [-0.05, 0) is 36.8 Å². The van der Waals surface area contributed by atoms with Crippen LogP contribution >= 0.6 is 22.9 Å². The lowest BCUT2D eigenvalue weighted by Crippen LogP contribution is -2.35. The van der Waals surface area contributed by atoms with Gasteiger partial charge in [-0.3, -0.25) is 19.8 Å². The van der Waals surface area contributed by atoms with Gasteiger partial charge in [0.05, 0.1) is 21.3 Å². The Bertz CT molecular complexity index is 1260. The molecule has 1 unspecified atom stereocenters. The fourth-order valence-electron chi connectivity index (χ4n) is 3.89. The number of aromatic nitrogens is 1. The van der Waals surface area contributed by atoms with Crippen LogP contribution in [0, 0.1) is 0 Å². The van der Waals surface area contributed by atoms with Gasteiger partial charge in [0.25, 0.3) is 5.91 Å². The molecule has 2 aromatic carbocycles. The number of alkyl halides is 3. The van der Waals surface area contributed by atoms with Gasteiger partial charge in [-0.25, -0.2) is 4.98 Å². The van der Waals surface area contributed by atoms with E-state index in [1.807, 2.05) is 4.90 Å². The van der Waals surface area contributed by atoms with Crippen molar-refractivity contribution in [3.8, 4) is 5.75 Å². The predicted molar refractivity (Wildman–Crippen MR) is 123 cm³/mol. The van der Waals surface area contributed by atoms with Gasteiger partial charge in [-0.1, -0.05) is 22.9 Å². The monoisotopic (exact) mass is 512 g/mol. The van der Waals surface area contributed by atoms with Crippen LogP contribution in [0.5, 0.6) is 5.75 Å². The summed E-state index contributed by atoms with van der Waals surface area (Å²) >= 11 is 7.09. The van der Waals surface area contributed by atoms with Crippen LogP contribution in [0.25, 0.3) is 10.2 Å². The first-order valence-corrected chi connectivity index (χ1v) is 11.5. The molecule has 1 saturated heterocycles. The fraction of sp³-hybridized carbons (Fsp3) is 0.318. The molecule has 4 rings (SSSR count). The number of hydrogen-bond acceptors (Lipinski definition) is 6. The summed E-state index contributed by atoms with van der Waals surface area (Å²) in [5.41, 5.74) is -0.121. The van der Waals surface area contributed by atoms with Gasteiger partial charge in [0.2, 0.25) is 5.91 Å². The van der Waals surface area contributed by atoms with Crippen molar-refractivity contribution in [3.05, 3.63) is 52.0 Å². The Hall–Kier alpha value is -2.89. The number of aromatic hydroxyl groups is 1. The molecule has 0 bridgehead atoms. The first-order valence-electron chi connectivity index (χ1n) is 10.3. The highest BCUT2D eigenvalue weighted by molar-refractivity contribution is 7.22. The Morgan fingerprint density at radius 2 is 2.06 bits per heavy atom. The van der Waals surface area contributed by atoms with E-state index >= 15 is 0 Å². The summed E-state index contributed by atoms with van der Waals surface area (Å²) in [5, 5.41) is 16.5. The topological polar surface area (TPSA) is 94.6 Å². The average Bonchev–Trinajstić information content (AvgIpc) is 3.34. The number of benzene rings is 2. The molecule has 2 amide bonds. The van der Waals surface area contributed by atoms with Gasteiger partial charge < -0.3 is 10.4 Å². The molecule has 12 heteroatoms. The van der Waals surface area contributed by atoms with Gasteiger partial charge in [-0.2, -0.15) is 13.2 Å². The van der Waals surface area contributed by atoms with Crippen LogP contribution in [0.4, 0.5) is 18.3 Å². The van der Waals surface area contributed by atoms with E-state index in [4.69, 9.17) is 11.6 Å². The number of phenolic OH excluding ortho intramolecular Hbond substituents is 1. The summed E-state index contributed by atoms with van der Waals surface area (Å²) in [6.45, 7) is 3.07. The summed E-state index contributed by atoms with van der Waals surface area (Å²) in [6, 6.07) is 6.03. The predicted octanol–water partition coefficient (Wildman–Crippen LogP) is 4.64. The molecule has 1 aliphatic rings. The molecule has 0 spiro atoms. The highest BCUT2D eigenvalue weighted by Gasteiger charge is 2.31. The number of carbonyl (C=O) groups is 2. The molecule has 3 N–H and O–H groups in total. The van der Waals surface area contributed by atoms with Gasteiger partial charge in [0.1, 0.15) is 5.75 Å². The summed E-state index contributed by atoms with van der Waals surface area (Å²) in [4.78, 5) is 30.3. The minimum Gasteiger partial charge on any atom is -0.507 e. The fourth-order valence-corrected chi connectivity index (χ4v) is 5.03. The number of amides is 2. The number of anilines is 1. The normalized spacial score (nSPS) is 16.7. The zero-order valence-electron chi connectivity index (χ0n) is 17.9. The molecule has 3 aromatic rings. The van der Waals surface area contributed by atoms with Crippen molar-refractivity contribution in [2.24, 2.45) is 0 Å². The number of rotatable bonds is 5. The third-order valence-electron chi connectivity index (χ3n) is 5.41. The highest BCUT2D eigenvalue weighted by atomic mass is 35.5. The van der Waals surface area contributed by atoms with Crippen LogP contribution in [-0.2, 0) is 17.5 Å². The third-order valence-corrected chi connectivity index (χ3v) is 6.56. The molecule has 1 atom stereocenters. The van der Waals surface area contributed by atoms with E-state index in [-0.39, 0.29) is 38.1 Å². The molecule has 2 heterocycles. The highest BCUT2D eigenvalue weighted by Crippen LogP contribution is 2.35. The van der Waals surface area contributed by atoms with Crippen molar-refractivity contribution in [2.75, 3.05) is 18.4 Å². The van der Waals surface area contributed by atoms with Crippen molar-refractivity contribution in [3.63, 3.8) is 0 Å². The zero-order valence-corrected chi connectivity index (χ0v) is 19.4. The Morgan fingerprint density at radius 1 is 1.29 bits per heavy atom. The first kappa shape index (κ1) is 24.2. The molecule has 0 radical (unpaired) electrons. The van der Waals surface area contributed by atoms with E-state index < -0.39 is 17.6 Å². The number of phenols is 1. The van der Waals surface area contributed by atoms with Crippen LogP contribution < -0.4 is 10.6 Å². The summed E-state index contributed by atoms with van der Waals surface area (Å²) in [7, 11) is 0. The number of nitrogens with one attached hydrogen (secondary N) is 2. The van der Waals surface area contributed by atoms with E-state index in [2.05, 4.69) is 15.6 Å². The van der Waals surface area contributed by atoms with Crippen molar-refractivity contribution in [1.29, 1.82) is 0 Å². The molecule has 1 aromatic heterocycles. The number of nitrogens with zero attached hydrogens (tertiary/aromatic N) is 2. The van der Waals surface area contributed by atoms with Crippen LogP contribution in [0.1, 0.15) is 34.8 Å². The third kappa shape index (κ3) is 5.43. The Kier molecular flexibility index (Phi) is 6.70. The van der Waals surface area contributed by atoms with Crippen molar-refractivity contribution in [2.45, 2.75) is 32.1 Å². The van der Waals surface area contributed by atoms with Gasteiger partial charge in [0.15, 0.2) is 5.13 Å². The maximum absolute atomic E-state index is 12.9. The number of likely N-dealkylation sites (tertiary alicyclic amines) is 1. The minimum atomic E-state index is -4.48. The van der Waals surface area contributed by atoms with E-state index in [1.165, 1.54) is 19.1 Å². The Morgan fingerprint density at radius 3 is 2.76 bits per heavy atom. The second-order valence-electron chi connectivity index (χ2n) is 8.04. The number of halogens is 4. The lowest BCUT2D eigenvalue weighted by molar-refractivity contribution is -0.137. The van der Waals surface area contributed by atoms with Crippen molar-refractivity contribution >= 4 is 50.1 Å². The van der Waals surface area contributed by atoms with Crippen LogP contribution in [0.3, 0.4) is 0 Å². The number of carbonyl (C=O) groups excluding carboxylic acids is 2. The summed E-state index contributed by atoms with van der Waals surface area (Å²) in [6.07, 6.45) is -3.72. The molecular formula is C22H20ClF3N4O3S. The largest absolute Gasteiger partial charge is 0.507 e. The SMILES string of the molecule is CC(=O)NC1CCN(Cc2cc(Cl)cc(C(=O)Nc3nc4ccc(C(F)(F)F)cc4s3)c2O)C1. The van der Waals surface area contributed by atoms with Crippen LogP contribution in [0.2, 0.25) is 5.02 Å². The van der Waals surface area contributed by atoms with Crippen LogP contribution in [-0.4, -0.2) is 45.9 Å². The number of fused-ring (bicyclic) bond motifs is 1. The maximum Gasteiger partial charge on any atom is 0.416 e. The number of hydrogen-bond donors (Lipinski definition) is 3. The Balaban J connectivity index is 1.51. The zero-order chi connectivity index (χ0) is 24.6. The van der Waals surface area contributed by atoms with Crippen molar-refractivity contribution in [1.82, 2.24) is 15.2 Å². The lowest BCUT2D eigenvalue weighted by Gasteiger charge is -2.18. The molecule has 0 aliphatic carbocycles. The maximum atomic E-state index is 12.9. The minimum absolute atomic E-state index is 0.0125. The van der Waals surface area contributed by atoms with Gasteiger partial charge >= 0.3 is 6.18 Å². The van der Waals surface area contributed by atoms with E-state index in [1.54, 1.807) is 6.07 Å². The second-order valence-corrected chi connectivity index (χ2v) is 9.50.